The van der Waals surface area contributed by atoms with Crippen LogP contribution in [-0.2, 0) is 52.0 Å². The van der Waals surface area contributed by atoms with E-state index in [0.717, 1.165) is 6.42 Å². The molecule has 0 atom stereocenters. The predicted molar refractivity (Wildman–Crippen MR) is 87.8 cm³/mol. The van der Waals surface area contributed by atoms with Gasteiger partial charge in [-0.15, -0.1) is 0 Å². The second kappa shape index (κ2) is 13.2. The molecule has 1 aliphatic carbocycles. The summed E-state index contributed by atoms with van der Waals surface area (Å²) < 4.78 is 0. The maximum atomic E-state index is 3.72. The van der Waals surface area contributed by atoms with Crippen molar-refractivity contribution in [2.75, 3.05) is 14.1 Å². The zero-order chi connectivity index (χ0) is 14.6. The molecule has 0 unspecified atom stereocenters. The summed E-state index contributed by atoms with van der Waals surface area (Å²) >= 11 is 0. The maximum absolute atomic E-state index is 3.72. The largest absolute Gasteiger partial charge is 0.341 e. The molecule has 0 saturated carbocycles. The van der Waals surface area contributed by atoms with Crippen molar-refractivity contribution in [3.63, 3.8) is 0 Å². The molecule has 0 aromatic heterocycles. The third-order valence-corrected chi connectivity index (χ3v) is 3.05. The normalized spacial score (nSPS) is 11.0. The van der Waals surface area contributed by atoms with Crippen LogP contribution in [0.25, 0.3) is 0 Å². The van der Waals surface area contributed by atoms with Crippen molar-refractivity contribution in [1.82, 2.24) is 5.32 Å². The number of fused-ring (bicyclic) bond motifs is 1. The van der Waals surface area contributed by atoms with E-state index in [9.17, 15) is 0 Å². The predicted octanol–water partition coefficient (Wildman–Crippen LogP) is 3.87. The minimum atomic E-state index is 0. The van der Waals surface area contributed by atoms with Gasteiger partial charge in [0.1, 0.15) is 0 Å². The van der Waals surface area contributed by atoms with Crippen LogP contribution in [-0.4, -0.2) is 14.1 Å². The van der Waals surface area contributed by atoms with E-state index in [4.69, 9.17) is 0 Å². The molecule has 3 rings (SSSR count). The Morgan fingerprint density at radius 2 is 1.52 bits per heavy atom. The molecule has 2 aromatic carbocycles. The van der Waals surface area contributed by atoms with E-state index >= 15 is 0 Å². The maximum Gasteiger partial charge on any atom is 0 e. The van der Waals surface area contributed by atoms with Gasteiger partial charge in [-0.1, -0.05) is 24.3 Å². The van der Waals surface area contributed by atoms with Crippen LogP contribution < -0.4 is 5.32 Å². The first-order valence-electron chi connectivity index (χ1n) is 7.22. The molecule has 21 heavy (non-hydrogen) atoms. The van der Waals surface area contributed by atoms with E-state index in [-0.39, 0.29) is 32.7 Å². The molecule has 1 N–H and O–H groups in total. The Hall–Kier alpha value is -0.496. The molecule has 0 fully saturated rings. The number of benzene rings is 2. The Bertz CT molecular complexity index is 445. The monoisotopic (exact) mass is 356 g/mol. The first-order valence-corrected chi connectivity index (χ1v) is 7.22. The number of nitrogens with one attached hydrogen (secondary N) is 1. The number of aryl methyl sites for hydroxylation is 2. The minimum Gasteiger partial charge on any atom is -0.341 e. The average molecular weight is 356 g/mol. The van der Waals surface area contributed by atoms with Crippen molar-refractivity contribution in [2.24, 2.45) is 0 Å². The van der Waals surface area contributed by atoms with Crippen LogP contribution in [0.3, 0.4) is 0 Å². The number of rotatable bonds is 1. The molecule has 2 heteroatoms. The summed E-state index contributed by atoms with van der Waals surface area (Å²) in [5.74, 6) is 0. The van der Waals surface area contributed by atoms with Crippen LogP contribution in [0.4, 0.5) is 0 Å². The smallest absolute Gasteiger partial charge is 0 e. The molecule has 1 nitrogen and oxygen atoms in total. The molecule has 1 radical (unpaired) electrons. The van der Waals surface area contributed by atoms with Crippen LogP contribution in [0.2, 0.25) is 0 Å². The fourth-order valence-electron chi connectivity index (χ4n) is 2.10. The Balaban J connectivity index is 0.000000312. The van der Waals surface area contributed by atoms with Crippen LogP contribution in [0.5, 0.6) is 0 Å². The van der Waals surface area contributed by atoms with Gasteiger partial charge in [0, 0.05) is 32.7 Å². The quantitative estimate of drug-likeness (QED) is 0.765. The zero-order valence-corrected chi connectivity index (χ0v) is 16.1. The number of hydrogen-bond donors (Lipinski definition) is 1. The zero-order valence-electron chi connectivity index (χ0n) is 13.2. The van der Waals surface area contributed by atoms with Gasteiger partial charge in [0.25, 0.3) is 0 Å². The molecule has 1 aliphatic rings. The van der Waals surface area contributed by atoms with Crippen LogP contribution in [0.15, 0.2) is 48.5 Å². The summed E-state index contributed by atoms with van der Waals surface area (Å²) in [6.45, 7) is 3.72. The molecule has 2 aromatic rings. The molecule has 0 spiro atoms. The van der Waals surface area contributed by atoms with Gasteiger partial charge in [0.05, 0.1) is 0 Å². The Labute approximate surface area is 155 Å². The molecule has 0 aliphatic heterocycles. The van der Waals surface area contributed by atoms with E-state index in [0.29, 0.717) is 0 Å². The first kappa shape index (κ1) is 20.5. The second-order valence-electron chi connectivity index (χ2n) is 4.76. The van der Waals surface area contributed by atoms with Gasteiger partial charge in [-0.2, -0.15) is 42.3 Å². The van der Waals surface area contributed by atoms with Crippen molar-refractivity contribution in [3.8, 4) is 0 Å². The third-order valence-electron chi connectivity index (χ3n) is 3.05. The van der Waals surface area contributed by atoms with E-state index in [1.54, 1.807) is 11.1 Å². The summed E-state index contributed by atoms with van der Waals surface area (Å²) in [4.78, 5) is 0. The van der Waals surface area contributed by atoms with Crippen molar-refractivity contribution in [2.45, 2.75) is 25.7 Å². The summed E-state index contributed by atoms with van der Waals surface area (Å²) in [5, 5.41) is 2.75. The summed E-state index contributed by atoms with van der Waals surface area (Å²) in [5.41, 5.74) is 4.31. The van der Waals surface area contributed by atoms with Gasteiger partial charge in [-0.05, 0) is 44.5 Å². The van der Waals surface area contributed by atoms with Crippen molar-refractivity contribution in [3.05, 3.63) is 78.2 Å². The summed E-state index contributed by atoms with van der Waals surface area (Å²) in [7, 11) is 3.75. The SMILES string of the molecule is CNC.[CH2-]Cc1[c-]cccc1.[Y].c1ccc2c(c1)CCC2. The Kier molecular flexibility index (Phi) is 12.9. The van der Waals surface area contributed by atoms with Crippen LogP contribution >= 0.6 is 0 Å². The minimum absolute atomic E-state index is 0. The average Bonchev–Trinajstić information content (AvgIpc) is 2.98. The third kappa shape index (κ3) is 8.51. The topological polar surface area (TPSA) is 12.0 Å². The van der Waals surface area contributed by atoms with Crippen molar-refractivity contribution < 1.29 is 32.7 Å². The van der Waals surface area contributed by atoms with E-state index in [2.05, 4.69) is 42.6 Å². The fraction of sp³-hybridized carbons (Fsp3) is 0.316. The first-order chi connectivity index (χ1) is 9.81. The second-order valence-corrected chi connectivity index (χ2v) is 4.76. The Morgan fingerprint density at radius 1 is 1.00 bits per heavy atom. The number of hydrogen-bond acceptors (Lipinski definition) is 1. The van der Waals surface area contributed by atoms with Crippen LogP contribution in [0.1, 0.15) is 23.1 Å². The van der Waals surface area contributed by atoms with E-state index in [1.165, 1.54) is 24.8 Å². The summed E-state index contributed by atoms with van der Waals surface area (Å²) in [6.07, 6.45) is 4.80. The van der Waals surface area contributed by atoms with Gasteiger partial charge in [0.2, 0.25) is 0 Å². The van der Waals surface area contributed by atoms with Gasteiger partial charge in [0.15, 0.2) is 0 Å². The summed E-state index contributed by atoms with van der Waals surface area (Å²) in [6, 6.07) is 19.7. The van der Waals surface area contributed by atoms with Crippen molar-refractivity contribution in [1.29, 1.82) is 0 Å². The fourth-order valence-corrected chi connectivity index (χ4v) is 2.10. The molecule has 0 amide bonds. The van der Waals surface area contributed by atoms with Gasteiger partial charge in [-0.25, -0.2) is 0 Å². The van der Waals surface area contributed by atoms with Gasteiger partial charge < -0.3 is 12.2 Å². The van der Waals surface area contributed by atoms with E-state index in [1.807, 2.05) is 38.4 Å². The van der Waals surface area contributed by atoms with Gasteiger partial charge >= 0.3 is 0 Å². The molecule has 0 bridgehead atoms. The van der Waals surface area contributed by atoms with Crippen LogP contribution in [0, 0.1) is 13.0 Å². The molecule has 0 heterocycles. The van der Waals surface area contributed by atoms with Gasteiger partial charge in [-0.3, -0.25) is 0 Å². The van der Waals surface area contributed by atoms with Crippen molar-refractivity contribution >= 4 is 0 Å². The molecular formula is C19H25NY-2. The van der Waals surface area contributed by atoms with E-state index < -0.39 is 0 Å². The molecule has 0 saturated heterocycles. The molecular weight excluding hydrogens is 331 g/mol. The standard InChI is InChI=1S/C9H10.C8H8.C2H7N.Y/c1-2-5-9-7-3-6-8(9)4-1;1-2-8-6-4-3-5-7-8;1-3-2;/h1-2,4-5H,3,6-7H2;3-6H,1-2H2;3H,1-2H3;/q;-2;;. The Morgan fingerprint density at radius 3 is 1.90 bits per heavy atom. The molecule has 111 valence electrons.